The number of nitrogens with one attached hydrogen (secondary N) is 2. The molecule has 2 N–H and O–H groups in total. The maximum atomic E-state index is 12.4. The van der Waals surface area contributed by atoms with E-state index in [9.17, 15) is 4.79 Å². The van der Waals surface area contributed by atoms with Crippen LogP contribution in [0.4, 0.5) is 0 Å². The zero-order valence-electron chi connectivity index (χ0n) is 16.1. The molecule has 1 aromatic carbocycles. The molecule has 1 amide bonds. The van der Waals surface area contributed by atoms with Gasteiger partial charge in [0.15, 0.2) is 0 Å². The van der Waals surface area contributed by atoms with Gasteiger partial charge in [-0.1, -0.05) is 12.1 Å². The van der Waals surface area contributed by atoms with Crippen molar-refractivity contribution in [3.05, 3.63) is 59.4 Å². The molecule has 5 nitrogen and oxygen atoms in total. The van der Waals surface area contributed by atoms with Gasteiger partial charge < -0.3 is 15.4 Å². The van der Waals surface area contributed by atoms with Crippen LogP contribution in [0.2, 0.25) is 0 Å². The second-order valence-electron chi connectivity index (χ2n) is 6.88. The van der Waals surface area contributed by atoms with Crippen LogP contribution in [0.5, 0.6) is 5.75 Å². The third kappa shape index (κ3) is 7.66. The standard InChI is InChI=1S/C21H27N3O2.2ClH/c1-16-7-8-20(14-24-16)26-15-18-4-2-6-19(12-18)21(25)23-11-9-17-5-3-10-22-13-17;;/h2,4,6-8,12,14,17,22H,3,5,9-11,13,15H2,1H3,(H,23,25);2*1H. The highest BCUT2D eigenvalue weighted by atomic mass is 35.5. The topological polar surface area (TPSA) is 63.2 Å². The summed E-state index contributed by atoms with van der Waals surface area (Å²) in [6.07, 6.45) is 5.23. The largest absolute Gasteiger partial charge is 0.487 e. The Bertz CT molecular complexity index is 720. The number of rotatable bonds is 7. The van der Waals surface area contributed by atoms with Gasteiger partial charge in [0.2, 0.25) is 0 Å². The van der Waals surface area contributed by atoms with Gasteiger partial charge in [0.05, 0.1) is 6.20 Å². The summed E-state index contributed by atoms with van der Waals surface area (Å²) in [6.45, 7) is 5.27. The van der Waals surface area contributed by atoms with E-state index in [1.54, 1.807) is 6.20 Å². The molecule has 0 radical (unpaired) electrons. The van der Waals surface area contributed by atoms with Crippen molar-refractivity contribution in [2.45, 2.75) is 32.8 Å². The van der Waals surface area contributed by atoms with Crippen molar-refractivity contribution in [1.82, 2.24) is 15.6 Å². The average Bonchev–Trinajstić information content (AvgIpc) is 2.68. The zero-order chi connectivity index (χ0) is 18.2. The summed E-state index contributed by atoms with van der Waals surface area (Å²) in [6, 6.07) is 11.4. The van der Waals surface area contributed by atoms with Crippen molar-refractivity contribution in [3.8, 4) is 5.75 Å². The summed E-state index contributed by atoms with van der Waals surface area (Å²) < 4.78 is 5.74. The predicted octanol–water partition coefficient (Wildman–Crippen LogP) is 3.93. The number of aryl methyl sites for hydroxylation is 1. The molecule has 1 aromatic heterocycles. The van der Waals surface area contributed by atoms with Crippen LogP contribution in [0.1, 0.15) is 40.9 Å². The van der Waals surface area contributed by atoms with Crippen LogP contribution in [-0.4, -0.2) is 30.5 Å². The van der Waals surface area contributed by atoms with Crippen LogP contribution in [0.25, 0.3) is 0 Å². The van der Waals surface area contributed by atoms with Crippen LogP contribution < -0.4 is 15.4 Å². The van der Waals surface area contributed by atoms with E-state index in [0.717, 1.165) is 43.1 Å². The molecule has 1 aliphatic heterocycles. The lowest BCUT2D eigenvalue weighted by atomic mass is 9.96. The Morgan fingerprint density at radius 2 is 2.14 bits per heavy atom. The van der Waals surface area contributed by atoms with Gasteiger partial charge in [-0.3, -0.25) is 9.78 Å². The van der Waals surface area contributed by atoms with Gasteiger partial charge in [-0.15, -0.1) is 24.8 Å². The highest BCUT2D eigenvalue weighted by Gasteiger charge is 2.13. The van der Waals surface area contributed by atoms with Gasteiger partial charge in [0.1, 0.15) is 12.4 Å². The fourth-order valence-electron chi connectivity index (χ4n) is 3.17. The number of aromatic nitrogens is 1. The Balaban J connectivity index is 0.00000196. The van der Waals surface area contributed by atoms with E-state index in [-0.39, 0.29) is 30.7 Å². The fraction of sp³-hybridized carbons (Fsp3) is 0.429. The number of hydrogen-bond donors (Lipinski definition) is 2. The summed E-state index contributed by atoms with van der Waals surface area (Å²) in [5.74, 6) is 1.38. The maximum Gasteiger partial charge on any atom is 0.251 e. The Kier molecular flexibility index (Phi) is 10.9. The predicted molar refractivity (Wildman–Crippen MR) is 117 cm³/mol. The first-order chi connectivity index (χ1) is 12.7. The second-order valence-corrected chi connectivity index (χ2v) is 6.88. The maximum absolute atomic E-state index is 12.4. The molecule has 1 saturated heterocycles. The smallest absolute Gasteiger partial charge is 0.251 e. The Hall–Kier alpha value is -1.82. The van der Waals surface area contributed by atoms with E-state index in [0.29, 0.717) is 18.1 Å². The Labute approximate surface area is 179 Å². The number of benzene rings is 1. The van der Waals surface area contributed by atoms with E-state index in [4.69, 9.17) is 4.74 Å². The molecular formula is C21H29Cl2N3O2. The highest BCUT2D eigenvalue weighted by molar-refractivity contribution is 5.94. The number of carbonyl (C=O) groups is 1. The first kappa shape index (κ1) is 24.2. The van der Waals surface area contributed by atoms with Crippen molar-refractivity contribution in [2.75, 3.05) is 19.6 Å². The summed E-state index contributed by atoms with van der Waals surface area (Å²) in [7, 11) is 0. The van der Waals surface area contributed by atoms with Crippen LogP contribution >= 0.6 is 24.8 Å². The van der Waals surface area contributed by atoms with E-state index < -0.39 is 0 Å². The van der Waals surface area contributed by atoms with Gasteiger partial charge >= 0.3 is 0 Å². The Morgan fingerprint density at radius 3 is 2.86 bits per heavy atom. The number of pyridine rings is 1. The number of piperidine rings is 1. The quantitative estimate of drug-likeness (QED) is 0.704. The van der Waals surface area contributed by atoms with Crippen molar-refractivity contribution in [2.24, 2.45) is 5.92 Å². The van der Waals surface area contributed by atoms with Crippen LogP contribution in [0, 0.1) is 12.8 Å². The number of halogens is 2. The molecular weight excluding hydrogens is 397 g/mol. The van der Waals surface area contributed by atoms with E-state index in [1.165, 1.54) is 12.8 Å². The van der Waals surface area contributed by atoms with Crippen LogP contribution in [0.15, 0.2) is 42.6 Å². The summed E-state index contributed by atoms with van der Waals surface area (Å²) in [5, 5.41) is 6.45. The highest BCUT2D eigenvalue weighted by Crippen LogP contribution is 2.14. The summed E-state index contributed by atoms with van der Waals surface area (Å²) in [4.78, 5) is 16.6. The number of nitrogens with zero attached hydrogens (tertiary/aromatic N) is 1. The van der Waals surface area contributed by atoms with Gasteiger partial charge in [0.25, 0.3) is 5.91 Å². The molecule has 0 spiro atoms. The van der Waals surface area contributed by atoms with Gasteiger partial charge in [-0.2, -0.15) is 0 Å². The molecule has 1 fully saturated rings. The molecule has 0 bridgehead atoms. The second kappa shape index (κ2) is 12.6. The summed E-state index contributed by atoms with van der Waals surface area (Å²) in [5.41, 5.74) is 2.60. The lowest BCUT2D eigenvalue weighted by Gasteiger charge is -2.22. The number of ether oxygens (including phenoxy) is 1. The average molecular weight is 426 g/mol. The monoisotopic (exact) mass is 425 g/mol. The van der Waals surface area contributed by atoms with E-state index in [2.05, 4.69) is 15.6 Å². The molecule has 2 aromatic rings. The SMILES string of the molecule is Cc1ccc(OCc2cccc(C(=O)NCCC3CCCNC3)c2)cn1.Cl.Cl. The first-order valence-corrected chi connectivity index (χ1v) is 9.34. The minimum atomic E-state index is -0.0207. The first-order valence-electron chi connectivity index (χ1n) is 9.34. The molecule has 2 heterocycles. The van der Waals surface area contributed by atoms with Gasteiger partial charge in [-0.05, 0) is 75.0 Å². The number of carbonyl (C=O) groups excluding carboxylic acids is 1. The molecule has 1 unspecified atom stereocenters. The fourth-order valence-corrected chi connectivity index (χ4v) is 3.17. The van der Waals surface area contributed by atoms with Gasteiger partial charge in [-0.25, -0.2) is 0 Å². The van der Waals surface area contributed by atoms with Crippen molar-refractivity contribution in [3.63, 3.8) is 0 Å². The molecule has 1 atom stereocenters. The normalized spacial score (nSPS) is 15.7. The molecule has 154 valence electrons. The van der Waals surface area contributed by atoms with Crippen LogP contribution in [-0.2, 0) is 6.61 Å². The molecule has 0 saturated carbocycles. The lowest BCUT2D eigenvalue weighted by molar-refractivity contribution is 0.0950. The van der Waals surface area contributed by atoms with E-state index >= 15 is 0 Å². The molecule has 7 heteroatoms. The minimum absolute atomic E-state index is 0. The number of amides is 1. The van der Waals surface area contributed by atoms with Crippen molar-refractivity contribution < 1.29 is 9.53 Å². The summed E-state index contributed by atoms with van der Waals surface area (Å²) >= 11 is 0. The molecule has 3 rings (SSSR count). The van der Waals surface area contributed by atoms with E-state index in [1.807, 2.05) is 43.3 Å². The molecule has 0 aliphatic carbocycles. The van der Waals surface area contributed by atoms with Crippen LogP contribution in [0.3, 0.4) is 0 Å². The Morgan fingerprint density at radius 1 is 1.29 bits per heavy atom. The lowest BCUT2D eigenvalue weighted by Crippen LogP contribution is -2.33. The number of hydrogen-bond acceptors (Lipinski definition) is 4. The third-order valence-electron chi connectivity index (χ3n) is 4.72. The molecule has 28 heavy (non-hydrogen) atoms. The third-order valence-corrected chi connectivity index (χ3v) is 4.72. The zero-order valence-corrected chi connectivity index (χ0v) is 17.8. The van der Waals surface area contributed by atoms with Crippen molar-refractivity contribution in [1.29, 1.82) is 0 Å². The van der Waals surface area contributed by atoms with Crippen molar-refractivity contribution >= 4 is 30.7 Å². The minimum Gasteiger partial charge on any atom is -0.487 e. The molecule has 1 aliphatic rings. The van der Waals surface area contributed by atoms with Gasteiger partial charge in [0, 0.05) is 17.8 Å².